The lowest BCUT2D eigenvalue weighted by Gasteiger charge is -2.37. The fourth-order valence-electron chi connectivity index (χ4n) is 3.06. The largest absolute Gasteiger partial charge is 0.355 e. The highest BCUT2D eigenvalue weighted by atomic mass is 79.9. The van der Waals surface area contributed by atoms with Crippen molar-refractivity contribution in [3.63, 3.8) is 0 Å². The number of nitrogens with zero attached hydrogens (tertiary/aromatic N) is 1. The van der Waals surface area contributed by atoms with E-state index in [0.29, 0.717) is 40.7 Å². The average molecular weight is 461 g/mol. The number of carbonyl (C=O) groups excluding carboxylic acids is 1. The number of aldehydes is 1. The van der Waals surface area contributed by atoms with E-state index >= 15 is 0 Å². The van der Waals surface area contributed by atoms with Crippen molar-refractivity contribution in [1.29, 1.82) is 0 Å². The van der Waals surface area contributed by atoms with Gasteiger partial charge in [-0.05, 0) is 37.1 Å². The highest BCUT2D eigenvalue weighted by Crippen LogP contribution is 2.40. The first kappa shape index (κ1) is 19.3. The number of rotatable bonds is 3. The summed E-state index contributed by atoms with van der Waals surface area (Å²) >= 11 is 16.0. The van der Waals surface area contributed by atoms with Crippen molar-refractivity contribution in [1.82, 2.24) is 0 Å². The molecule has 0 bridgehead atoms. The van der Waals surface area contributed by atoms with Gasteiger partial charge >= 0.3 is 0 Å². The van der Waals surface area contributed by atoms with Gasteiger partial charge in [0.1, 0.15) is 17.9 Å². The minimum absolute atomic E-state index is 0.305. The molecular weight excluding hydrogens is 447 g/mol. The molecule has 2 aromatic rings. The van der Waals surface area contributed by atoms with Crippen molar-refractivity contribution >= 4 is 57.2 Å². The van der Waals surface area contributed by atoms with Gasteiger partial charge in [-0.25, -0.2) is 8.78 Å². The van der Waals surface area contributed by atoms with Crippen LogP contribution < -0.4 is 4.90 Å². The minimum atomic E-state index is -0.624. The van der Waals surface area contributed by atoms with E-state index in [1.807, 2.05) is 4.90 Å². The Morgan fingerprint density at radius 2 is 1.85 bits per heavy atom. The third-order valence-electron chi connectivity index (χ3n) is 4.28. The Labute approximate surface area is 168 Å². The van der Waals surface area contributed by atoms with Crippen LogP contribution in [-0.4, -0.2) is 18.9 Å². The van der Waals surface area contributed by atoms with E-state index in [1.54, 1.807) is 18.2 Å². The van der Waals surface area contributed by atoms with Crippen molar-refractivity contribution in [3.8, 4) is 0 Å². The first-order valence-electron chi connectivity index (χ1n) is 7.90. The number of halogens is 5. The van der Waals surface area contributed by atoms with Gasteiger partial charge in [0, 0.05) is 22.6 Å². The third-order valence-corrected chi connectivity index (χ3v) is 5.32. The Kier molecular flexibility index (Phi) is 6.00. The number of anilines is 1. The molecule has 7 heteroatoms. The van der Waals surface area contributed by atoms with Crippen LogP contribution in [0.1, 0.15) is 18.4 Å². The van der Waals surface area contributed by atoms with E-state index in [1.165, 1.54) is 12.1 Å². The van der Waals surface area contributed by atoms with Crippen LogP contribution in [0.2, 0.25) is 10.0 Å². The Hall–Kier alpha value is -1.43. The SMILES string of the molecule is O=CC1CC/C(=C\c2ccc(F)cc2F)CN1c1c(Cl)cc(Br)cc1Cl. The zero-order valence-corrected chi connectivity index (χ0v) is 16.6. The van der Waals surface area contributed by atoms with Gasteiger partial charge in [0.2, 0.25) is 0 Å². The van der Waals surface area contributed by atoms with Gasteiger partial charge in [-0.1, -0.05) is 50.8 Å². The average Bonchev–Trinajstić information content (AvgIpc) is 2.57. The second kappa shape index (κ2) is 8.07. The maximum atomic E-state index is 13.9. The zero-order valence-electron chi connectivity index (χ0n) is 13.5. The number of hydrogen-bond acceptors (Lipinski definition) is 2. The van der Waals surface area contributed by atoms with Gasteiger partial charge in [0.25, 0.3) is 0 Å². The lowest BCUT2D eigenvalue weighted by molar-refractivity contribution is -0.109. The maximum absolute atomic E-state index is 13.9. The third kappa shape index (κ3) is 4.11. The van der Waals surface area contributed by atoms with Gasteiger partial charge in [0.05, 0.1) is 21.8 Å². The molecular formula is C19H14BrCl2F2NO. The molecule has 0 N–H and O–H groups in total. The van der Waals surface area contributed by atoms with Crippen LogP contribution in [-0.2, 0) is 4.79 Å². The molecule has 0 amide bonds. The number of benzene rings is 2. The van der Waals surface area contributed by atoms with Crippen LogP contribution >= 0.6 is 39.1 Å². The van der Waals surface area contributed by atoms with Crippen molar-refractivity contribution in [3.05, 3.63) is 67.6 Å². The molecule has 1 aliphatic heterocycles. The smallest absolute Gasteiger partial charge is 0.142 e. The molecule has 136 valence electrons. The number of carbonyl (C=O) groups is 1. The molecule has 1 fully saturated rings. The Morgan fingerprint density at radius 1 is 1.15 bits per heavy atom. The highest BCUT2D eigenvalue weighted by molar-refractivity contribution is 9.10. The molecule has 3 rings (SSSR count). The van der Waals surface area contributed by atoms with E-state index in [4.69, 9.17) is 23.2 Å². The van der Waals surface area contributed by atoms with Crippen LogP contribution in [0.25, 0.3) is 6.08 Å². The van der Waals surface area contributed by atoms with Crippen molar-refractivity contribution < 1.29 is 13.6 Å². The summed E-state index contributed by atoms with van der Waals surface area (Å²) in [6.45, 7) is 0.376. The van der Waals surface area contributed by atoms with E-state index in [9.17, 15) is 13.6 Å². The molecule has 0 radical (unpaired) electrons. The summed E-state index contributed by atoms with van der Waals surface area (Å²) in [6.07, 6.45) is 3.73. The molecule has 0 aromatic heterocycles. The molecule has 1 unspecified atom stereocenters. The van der Waals surface area contributed by atoms with Crippen LogP contribution in [0, 0.1) is 11.6 Å². The molecule has 0 spiro atoms. The predicted molar refractivity (Wildman–Crippen MR) is 105 cm³/mol. The molecule has 0 saturated carbocycles. The molecule has 2 nitrogen and oxygen atoms in total. The summed E-state index contributed by atoms with van der Waals surface area (Å²) in [6, 6.07) is 6.51. The molecule has 2 aromatic carbocycles. The summed E-state index contributed by atoms with van der Waals surface area (Å²) in [5.74, 6) is -1.24. The van der Waals surface area contributed by atoms with Gasteiger partial charge in [-0.2, -0.15) is 0 Å². The highest BCUT2D eigenvalue weighted by Gasteiger charge is 2.28. The second-order valence-corrected chi connectivity index (χ2v) is 7.79. The minimum Gasteiger partial charge on any atom is -0.355 e. The molecule has 1 aliphatic rings. The fraction of sp³-hybridized carbons (Fsp3) is 0.211. The first-order chi connectivity index (χ1) is 12.4. The van der Waals surface area contributed by atoms with E-state index in [0.717, 1.165) is 22.4 Å². The van der Waals surface area contributed by atoms with Gasteiger partial charge < -0.3 is 9.69 Å². The van der Waals surface area contributed by atoms with Gasteiger partial charge in [0.15, 0.2) is 0 Å². The first-order valence-corrected chi connectivity index (χ1v) is 9.45. The van der Waals surface area contributed by atoms with Crippen molar-refractivity contribution in [2.45, 2.75) is 18.9 Å². The van der Waals surface area contributed by atoms with E-state index in [2.05, 4.69) is 15.9 Å². The van der Waals surface area contributed by atoms with Crippen molar-refractivity contribution in [2.24, 2.45) is 0 Å². The lowest BCUT2D eigenvalue weighted by Crippen LogP contribution is -2.42. The summed E-state index contributed by atoms with van der Waals surface area (Å²) in [4.78, 5) is 13.4. The molecule has 1 heterocycles. The molecule has 0 aliphatic carbocycles. The molecule has 1 saturated heterocycles. The van der Waals surface area contributed by atoms with Crippen LogP contribution in [0.4, 0.5) is 14.5 Å². The summed E-state index contributed by atoms with van der Waals surface area (Å²) < 4.78 is 27.8. The summed E-state index contributed by atoms with van der Waals surface area (Å²) in [5.41, 5.74) is 1.78. The fourth-order valence-corrected chi connectivity index (χ4v) is 4.48. The van der Waals surface area contributed by atoms with Crippen LogP contribution in [0.15, 0.2) is 40.4 Å². The summed E-state index contributed by atoms with van der Waals surface area (Å²) in [5, 5.41) is 0.843. The summed E-state index contributed by atoms with van der Waals surface area (Å²) in [7, 11) is 0. The van der Waals surface area contributed by atoms with Crippen LogP contribution in [0.3, 0.4) is 0 Å². The van der Waals surface area contributed by atoms with Crippen molar-refractivity contribution in [2.75, 3.05) is 11.4 Å². The maximum Gasteiger partial charge on any atom is 0.142 e. The topological polar surface area (TPSA) is 20.3 Å². The standard InChI is InChI=1S/C19H14BrCl2F2NO/c20-13-6-16(21)19(17(22)7-13)25-9-11(1-4-15(25)10-26)5-12-2-3-14(23)8-18(12)24/h2-3,5-8,10,15H,1,4,9H2/b11-5+. The van der Waals surface area contributed by atoms with Gasteiger partial charge in [-0.15, -0.1) is 0 Å². The predicted octanol–water partition coefficient (Wildman–Crippen LogP) is 6.29. The van der Waals surface area contributed by atoms with E-state index in [-0.39, 0.29) is 6.04 Å². The lowest BCUT2D eigenvalue weighted by atomic mass is 9.96. The van der Waals surface area contributed by atoms with Gasteiger partial charge in [-0.3, -0.25) is 0 Å². The molecule has 1 atom stereocenters. The molecule has 26 heavy (non-hydrogen) atoms. The Morgan fingerprint density at radius 3 is 2.46 bits per heavy atom. The quantitative estimate of drug-likeness (QED) is 0.502. The Balaban J connectivity index is 1.97. The van der Waals surface area contributed by atoms with E-state index < -0.39 is 11.6 Å². The Bertz CT molecular complexity index is 865. The van der Waals surface area contributed by atoms with Crippen LogP contribution in [0.5, 0.6) is 0 Å². The number of hydrogen-bond donors (Lipinski definition) is 0. The zero-order chi connectivity index (χ0) is 18.8. The monoisotopic (exact) mass is 459 g/mol. The second-order valence-electron chi connectivity index (χ2n) is 6.06. The normalized spacial score (nSPS) is 19.0. The number of piperidine rings is 1.